The van der Waals surface area contributed by atoms with Crippen LogP contribution in [0.4, 0.5) is 22.7 Å². The zero-order valence-corrected chi connectivity index (χ0v) is 23.7. The summed E-state index contributed by atoms with van der Waals surface area (Å²) in [5.74, 6) is 1.08. The van der Waals surface area contributed by atoms with Gasteiger partial charge < -0.3 is 25.0 Å². The fourth-order valence-electron chi connectivity index (χ4n) is 4.90. The highest BCUT2D eigenvalue weighted by molar-refractivity contribution is 5.62. The molecule has 0 unspecified atom stereocenters. The number of nitrogen functional groups attached to an aromatic ring is 1. The van der Waals surface area contributed by atoms with E-state index >= 15 is 0 Å². The van der Waals surface area contributed by atoms with Crippen LogP contribution in [0.1, 0.15) is 27.7 Å². The lowest BCUT2D eigenvalue weighted by Crippen LogP contribution is -2.48. The van der Waals surface area contributed by atoms with E-state index in [1.54, 1.807) is 19.2 Å². The third-order valence-corrected chi connectivity index (χ3v) is 7.40. The van der Waals surface area contributed by atoms with Gasteiger partial charge in [0, 0.05) is 94.0 Å². The number of ether oxygens (including phenoxy) is 2. The van der Waals surface area contributed by atoms with E-state index in [1.807, 2.05) is 12.1 Å². The Balaban J connectivity index is 0.000000212. The van der Waals surface area contributed by atoms with Crippen LogP contribution in [0.3, 0.4) is 0 Å². The molecular formula is C28H44N6O4. The number of rotatable bonds is 7. The summed E-state index contributed by atoms with van der Waals surface area (Å²) in [6.45, 7) is 17.1. The first-order chi connectivity index (χ1) is 18.1. The molecule has 0 aromatic heterocycles. The first-order valence-corrected chi connectivity index (χ1v) is 13.4. The summed E-state index contributed by atoms with van der Waals surface area (Å²) in [7, 11) is 3.12. The quantitative estimate of drug-likeness (QED) is 0.325. The van der Waals surface area contributed by atoms with E-state index in [1.165, 1.54) is 18.9 Å². The predicted octanol–water partition coefficient (Wildman–Crippen LogP) is 3.94. The largest absolute Gasteiger partial charge is 0.495 e. The van der Waals surface area contributed by atoms with Crippen molar-refractivity contribution in [2.75, 3.05) is 82.1 Å². The number of nitro benzene ring substituents is 1. The van der Waals surface area contributed by atoms with E-state index in [4.69, 9.17) is 15.2 Å². The molecule has 2 heterocycles. The molecule has 38 heavy (non-hydrogen) atoms. The van der Waals surface area contributed by atoms with Gasteiger partial charge in [-0.2, -0.15) is 0 Å². The third-order valence-electron chi connectivity index (χ3n) is 7.40. The maximum Gasteiger partial charge on any atom is 0.311 e. The molecule has 0 radical (unpaired) electrons. The van der Waals surface area contributed by atoms with E-state index in [0.29, 0.717) is 23.5 Å². The number of piperazine rings is 2. The number of nitro groups is 1. The molecule has 2 aromatic rings. The number of anilines is 3. The fourth-order valence-corrected chi connectivity index (χ4v) is 4.90. The second-order valence-corrected chi connectivity index (χ2v) is 10.3. The van der Waals surface area contributed by atoms with Crippen LogP contribution in [0.2, 0.25) is 0 Å². The zero-order chi connectivity index (χ0) is 27.8. The van der Waals surface area contributed by atoms with Gasteiger partial charge in [0.15, 0.2) is 5.75 Å². The molecule has 0 spiro atoms. The van der Waals surface area contributed by atoms with Crippen LogP contribution in [0.5, 0.6) is 11.5 Å². The van der Waals surface area contributed by atoms with Gasteiger partial charge in [0.1, 0.15) is 5.75 Å². The molecule has 4 rings (SSSR count). The minimum absolute atomic E-state index is 0.0112. The minimum atomic E-state index is -0.417. The number of nitrogens with two attached hydrogens (primary N) is 1. The average molecular weight is 529 g/mol. The van der Waals surface area contributed by atoms with Crippen molar-refractivity contribution in [1.82, 2.24) is 9.80 Å². The van der Waals surface area contributed by atoms with Crippen molar-refractivity contribution >= 4 is 22.7 Å². The van der Waals surface area contributed by atoms with Gasteiger partial charge in [0.05, 0.1) is 24.8 Å². The van der Waals surface area contributed by atoms with Gasteiger partial charge in [-0.1, -0.05) is 0 Å². The molecule has 0 amide bonds. The van der Waals surface area contributed by atoms with Gasteiger partial charge in [-0.15, -0.1) is 0 Å². The van der Waals surface area contributed by atoms with Crippen LogP contribution >= 0.6 is 0 Å². The topological polar surface area (TPSA) is 101 Å². The molecule has 0 saturated carbocycles. The van der Waals surface area contributed by atoms with Crippen LogP contribution in [-0.4, -0.2) is 93.4 Å². The van der Waals surface area contributed by atoms with Gasteiger partial charge in [-0.3, -0.25) is 19.9 Å². The van der Waals surface area contributed by atoms with Gasteiger partial charge in [-0.05, 0) is 45.9 Å². The predicted molar refractivity (Wildman–Crippen MR) is 155 cm³/mol. The molecule has 2 fully saturated rings. The van der Waals surface area contributed by atoms with Gasteiger partial charge in [-0.25, -0.2) is 0 Å². The Hall–Kier alpha value is -3.24. The van der Waals surface area contributed by atoms with E-state index in [9.17, 15) is 10.1 Å². The van der Waals surface area contributed by atoms with Crippen molar-refractivity contribution in [3.8, 4) is 11.5 Å². The lowest BCUT2D eigenvalue weighted by Gasteiger charge is -2.38. The SMILES string of the molecule is COc1cc(N2CCN(C(C)C)CC2)ccc1N.COc1cc(N2CCN(C(C)C)CC2)ccc1[N+](=O)[O-]. The van der Waals surface area contributed by atoms with Crippen molar-refractivity contribution < 1.29 is 14.4 Å². The lowest BCUT2D eigenvalue weighted by atomic mass is 10.2. The van der Waals surface area contributed by atoms with Crippen LogP contribution < -0.4 is 25.0 Å². The summed E-state index contributed by atoms with van der Waals surface area (Å²) in [5, 5.41) is 10.9. The Morgan fingerprint density at radius 2 is 1.16 bits per heavy atom. The molecule has 210 valence electrons. The summed E-state index contributed by atoms with van der Waals surface area (Å²) in [5.41, 5.74) is 8.73. The molecule has 0 atom stereocenters. The Morgan fingerprint density at radius 3 is 1.55 bits per heavy atom. The lowest BCUT2D eigenvalue weighted by molar-refractivity contribution is -0.385. The maximum absolute atomic E-state index is 10.9. The van der Waals surface area contributed by atoms with Gasteiger partial charge in [0.2, 0.25) is 0 Å². The summed E-state index contributed by atoms with van der Waals surface area (Å²) >= 11 is 0. The van der Waals surface area contributed by atoms with E-state index < -0.39 is 4.92 Å². The molecule has 2 aliphatic heterocycles. The monoisotopic (exact) mass is 528 g/mol. The van der Waals surface area contributed by atoms with Crippen LogP contribution in [0, 0.1) is 10.1 Å². The molecular weight excluding hydrogens is 484 g/mol. The second kappa shape index (κ2) is 13.5. The van der Waals surface area contributed by atoms with Crippen molar-refractivity contribution in [1.29, 1.82) is 0 Å². The highest BCUT2D eigenvalue weighted by Crippen LogP contribution is 2.32. The molecule has 10 heteroatoms. The average Bonchev–Trinajstić information content (AvgIpc) is 2.93. The van der Waals surface area contributed by atoms with E-state index in [-0.39, 0.29) is 5.69 Å². The third kappa shape index (κ3) is 7.41. The Labute approximate surface area is 227 Å². The summed E-state index contributed by atoms with van der Waals surface area (Å²) in [6.07, 6.45) is 0. The molecule has 2 aromatic carbocycles. The highest BCUT2D eigenvalue weighted by atomic mass is 16.6. The summed E-state index contributed by atoms with van der Waals surface area (Å²) in [6, 6.07) is 12.3. The molecule has 2 saturated heterocycles. The summed E-state index contributed by atoms with van der Waals surface area (Å²) in [4.78, 5) is 20.0. The number of methoxy groups -OCH3 is 2. The van der Waals surface area contributed by atoms with E-state index in [0.717, 1.165) is 63.8 Å². The normalized spacial score (nSPS) is 16.8. The number of hydrogen-bond acceptors (Lipinski definition) is 9. The van der Waals surface area contributed by atoms with Crippen molar-refractivity contribution in [3.05, 3.63) is 46.5 Å². The van der Waals surface area contributed by atoms with Crippen LogP contribution in [-0.2, 0) is 0 Å². The molecule has 2 N–H and O–H groups in total. The first-order valence-electron chi connectivity index (χ1n) is 13.4. The van der Waals surface area contributed by atoms with Crippen LogP contribution in [0.25, 0.3) is 0 Å². The van der Waals surface area contributed by atoms with Crippen molar-refractivity contribution in [2.45, 2.75) is 39.8 Å². The second-order valence-electron chi connectivity index (χ2n) is 10.3. The number of hydrogen-bond donors (Lipinski definition) is 1. The minimum Gasteiger partial charge on any atom is -0.495 e. The smallest absolute Gasteiger partial charge is 0.311 e. The summed E-state index contributed by atoms with van der Waals surface area (Å²) < 4.78 is 10.4. The van der Waals surface area contributed by atoms with Crippen molar-refractivity contribution in [2.24, 2.45) is 0 Å². The standard InChI is InChI=1S/C14H21N3O3.C14H23N3O/c1-11(2)15-6-8-16(9-7-15)12-4-5-13(17(18)19)14(10-12)20-3;1-11(2)16-6-8-17(9-7-16)12-4-5-13(15)14(10-12)18-3/h4-5,10-11H,6-9H2,1-3H3;4-5,10-11H,6-9,15H2,1-3H3. The molecule has 0 bridgehead atoms. The number of benzene rings is 2. The van der Waals surface area contributed by atoms with Crippen LogP contribution in [0.15, 0.2) is 36.4 Å². The highest BCUT2D eigenvalue weighted by Gasteiger charge is 2.22. The first kappa shape index (κ1) is 29.3. The Kier molecular flexibility index (Phi) is 10.4. The molecule has 10 nitrogen and oxygen atoms in total. The molecule has 2 aliphatic rings. The van der Waals surface area contributed by atoms with E-state index in [2.05, 4.69) is 53.4 Å². The van der Waals surface area contributed by atoms with Gasteiger partial charge >= 0.3 is 5.69 Å². The molecule has 0 aliphatic carbocycles. The number of nitrogens with zero attached hydrogens (tertiary/aromatic N) is 5. The van der Waals surface area contributed by atoms with Crippen molar-refractivity contribution in [3.63, 3.8) is 0 Å². The zero-order valence-electron chi connectivity index (χ0n) is 23.7. The van der Waals surface area contributed by atoms with Gasteiger partial charge in [0.25, 0.3) is 0 Å². The fraction of sp³-hybridized carbons (Fsp3) is 0.571. The Bertz CT molecular complexity index is 1050. The maximum atomic E-state index is 10.9. The Morgan fingerprint density at radius 1 is 0.737 bits per heavy atom.